The summed E-state index contributed by atoms with van der Waals surface area (Å²) in [5.74, 6) is 0.473. The first-order valence-electron chi connectivity index (χ1n) is 6.68. The first-order valence-corrected chi connectivity index (χ1v) is 7.48. The highest BCUT2D eigenvalue weighted by Gasteiger charge is 2.16. The van der Waals surface area contributed by atoms with E-state index in [2.05, 4.69) is 31.1 Å². The Morgan fingerprint density at radius 3 is 2.87 bits per heavy atom. The van der Waals surface area contributed by atoms with Crippen LogP contribution in [-0.4, -0.2) is 15.1 Å². The standard InChI is InChI=1S/C16H8BrN3O3/c17-11-3-4-13-10(6-11)7-12(16(21)22-13)15-19-14(20-23-15)9-2-1-5-18-8-9/h1-8H. The van der Waals surface area contributed by atoms with Gasteiger partial charge in [-0.05, 0) is 36.4 Å². The minimum Gasteiger partial charge on any atom is -0.422 e. The van der Waals surface area contributed by atoms with Crippen molar-refractivity contribution in [3.63, 3.8) is 0 Å². The molecule has 0 fully saturated rings. The quantitative estimate of drug-likeness (QED) is 0.501. The number of hydrogen-bond acceptors (Lipinski definition) is 6. The van der Waals surface area contributed by atoms with Crippen molar-refractivity contribution >= 4 is 26.9 Å². The van der Waals surface area contributed by atoms with Gasteiger partial charge in [0.2, 0.25) is 5.82 Å². The SMILES string of the molecule is O=c1oc2ccc(Br)cc2cc1-c1nc(-c2cccnc2)no1. The molecule has 3 aromatic heterocycles. The molecule has 0 amide bonds. The third-order valence-corrected chi connectivity index (χ3v) is 3.76. The predicted molar refractivity (Wildman–Crippen MR) is 86.7 cm³/mol. The van der Waals surface area contributed by atoms with Gasteiger partial charge in [0.05, 0.1) is 0 Å². The zero-order valence-corrected chi connectivity index (χ0v) is 13.1. The molecule has 7 heteroatoms. The van der Waals surface area contributed by atoms with Crippen LogP contribution < -0.4 is 5.63 Å². The van der Waals surface area contributed by atoms with E-state index in [9.17, 15) is 4.79 Å². The third-order valence-electron chi connectivity index (χ3n) is 3.27. The van der Waals surface area contributed by atoms with Gasteiger partial charge in [-0.2, -0.15) is 4.98 Å². The zero-order chi connectivity index (χ0) is 15.8. The molecule has 23 heavy (non-hydrogen) atoms. The Kier molecular flexibility index (Phi) is 3.27. The van der Waals surface area contributed by atoms with Crippen molar-refractivity contribution in [2.75, 3.05) is 0 Å². The predicted octanol–water partition coefficient (Wildman–Crippen LogP) is 3.67. The first-order chi connectivity index (χ1) is 11.2. The van der Waals surface area contributed by atoms with Crippen LogP contribution in [0.2, 0.25) is 0 Å². The van der Waals surface area contributed by atoms with E-state index in [-0.39, 0.29) is 11.5 Å². The van der Waals surface area contributed by atoms with Crippen LogP contribution in [0.15, 0.2) is 67.0 Å². The monoisotopic (exact) mass is 369 g/mol. The summed E-state index contributed by atoms with van der Waals surface area (Å²) in [6, 6.07) is 10.6. The summed E-state index contributed by atoms with van der Waals surface area (Å²) >= 11 is 3.39. The maximum Gasteiger partial charge on any atom is 0.349 e. The molecule has 0 atom stereocenters. The summed E-state index contributed by atoms with van der Waals surface area (Å²) in [5, 5.41) is 4.64. The summed E-state index contributed by atoms with van der Waals surface area (Å²) in [7, 11) is 0. The molecule has 0 radical (unpaired) electrons. The molecule has 0 aliphatic heterocycles. The smallest absolute Gasteiger partial charge is 0.349 e. The van der Waals surface area contributed by atoms with Crippen LogP contribution in [0.3, 0.4) is 0 Å². The Balaban J connectivity index is 1.85. The Morgan fingerprint density at radius 2 is 2.04 bits per heavy atom. The average molecular weight is 370 g/mol. The van der Waals surface area contributed by atoms with E-state index in [4.69, 9.17) is 8.94 Å². The van der Waals surface area contributed by atoms with Gasteiger partial charge < -0.3 is 8.94 Å². The van der Waals surface area contributed by atoms with Crippen LogP contribution in [0.4, 0.5) is 0 Å². The van der Waals surface area contributed by atoms with Crippen molar-refractivity contribution in [3.8, 4) is 22.8 Å². The van der Waals surface area contributed by atoms with Gasteiger partial charge in [0.25, 0.3) is 5.89 Å². The minimum absolute atomic E-state index is 0.111. The molecule has 0 unspecified atom stereocenters. The molecular weight excluding hydrogens is 362 g/mol. The number of halogens is 1. The molecule has 3 heterocycles. The molecule has 4 rings (SSSR count). The van der Waals surface area contributed by atoms with Gasteiger partial charge in [-0.1, -0.05) is 21.1 Å². The Labute approximate surface area is 137 Å². The molecule has 0 saturated heterocycles. The molecule has 0 aliphatic rings. The molecule has 6 nitrogen and oxygen atoms in total. The first kappa shape index (κ1) is 13.8. The van der Waals surface area contributed by atoms with Crippen LogP contribution in [0, 0.1) is 0 Å². The molecule has 0 aliphatic carbocycles. The fourth-order valence-corrected chi connectivity index (χ4v) is 2.57. The topological polar surface area (TPSA) is 82.0 Å². The van der Waals surface area contributed by atoms with Crippen LogP contribution in [-0.2, 0) is 0 Å². The van der Waals surface area contributed by atoms with Gasteiger partial charge in [-0.3, -0.25) is 4.98 Å². The van der Waals surface area contributed by atoms with Gasteiger partial charge in [-0.25, -0.2) is 4.79 Å². The lowest BCUT2D eigenvalue weighted by Gasteiger charge is -1.99. The number of pyridine rings is 1. The summed E-state index contributed by atoms with van der Waals surface area (Å²) in [6.45, 7) is 0. The lowest BCUT2D eigenvalue weighted by molar-refractivity contribution is 0.429. The fourth-order valence-electron chi connectivity index (χ4n) is 2.19. The number of nitrogens with zero attached hydrogens (tertiary/aromatic N) is 3. The summed E-state index contributed by atoms with van der Waals surface area (Å²) in [6.07, 6.45) is 3.27. The van der Waals surface area contributed by atoms with Crippen molar-refractivity contribution in [3.05, 3.63) is 63.7 Å². The van der Waals surface area contributed by atoms with Gasteiger partial charge in [0.1, 0.15) is 11.1 Å². The Bertz CT molecular complexity index is 1060. The van der Waals surface area contributed by atoms with Crippen molar-refractivity contribution in [1.82, 2.24) is 15.1 Å². The lowest BCUT2D eigenvalue weighted by atomic mass is 10.2. The number of hydrogen-bond donors (Lipinski definition) is 0. The number of benzene rings is 1. The largest absolute Gasteiger partial charge is 0.422 e. The van der Waals surface area contributed by atoms with Crippen LogP contribution >= 0.6 is 15.9 Å². The second kappa shape index (κ2) is 5.44. The number of rotatable bonds is 2. The highest BCUT2D eigenvalue weighted by atomic mass is 79.9. The van der Waals surface area contributed by atoms with E-state index in [1.807, 2.05) is 12.1 Å². The summed E-state index contributed by atoms with van der Waals surface area (Å²) in [5.41, 5.74) is 0.892. The van der Waals surface area contributed by atoms with Gasteiger partial charge >= 0.3 is 5.63 Å². The van der Waals surface area contributed by atoms with Crippen molar-refractivity contribution in [2.45, 2.75) is 0 Å². The minimum atomic E-state index is -0.527. The van der Waals surface area contributed by atoms with Crippen LogP contribution in [0.5, 0.6) is 0 Å². The van der Waals surface area contributed by atoms with E-state index in [1.165, 1.54) is 0 Å². The molecular formula is C16H8BrN3O3. The summed E-state index contributed by atoms with van der Waals surface area (Å²) < 4.78 is 11.4. The maximum atomic E-state index is 12.1. The maximum absolute atomic E-state index is 12.1. The molecule has 0 saturated carbocycles. The van der Waals surface area contributed by atoms with Crippen LogP contribution in [0.25, 0.3) is 33.8 Å². The van der Waals surface area contributed by atoms with E-state index in [1.54, 1.807) is 36.7 Å². The molecule has 0 N–H and O–H groups in total. The molecule has 112 valence electrons. The molecule has 4 aromatic rings. The van der Waals surface area contributed by atoms with Crippen molar-refractivity contribution in [2.24, 2.45) is 0 Å². The highest BCUT2D eigenvalue weighted by molar-refractivity contribution is 9.10. The van der Waals surface area contributed by atoms with Crippen molar-refractivity contribution < 1.29 is 8.94 Å². The summed E-state index contributed by atoms with van der Waals surface area (Å²) in [4.78, 5) is 20.4. The Morgan fingerprint density at radius 1 is 1.13 bits per heavy atom. The van der Waals surface area contributed by atoms with E-state index in [0.717, 1.165) is 9.86 Å². The lowest BCUT2D eigenvalue weighted by Crippen LogP contribution is -2.02. The highest BCUT2D eigenvalue weighted by Crippen LogP contribution is 2.24. The van der Waals surface area contributed by atoms with Gasteiger partial charge in [0.15, 0.2) is 0 Å². The molecule has 1 aromatic carbocycles. The average Bonchev–Trinajstić information content (AvgIpc) is 3.05. The normalized spacial score (nSPS) is 11.0. The molecule has 0 bridgehead atoms. The van der Waals surface area contributed by atoms with Gasteiger partial charge in [-0.15, -0.1) is 0 Å². The van der Waals surface area contributed by atoms with Gasteiger partial charge in [0, 0.05) is 27.8 Å². The second-order valence-electron chi connectivity index (χ2n) is 4.79. The second-order valence-corrected chi connectivity index (χ2v) is 5.71. The van der Waals surface area contributed by atoms with Crippen LogP contribution in [0.1, 0.15) is 0 Å². The molecule has 0 spiro atoms. The van der Waals surface area contributed by atoms with Crippen molar-refractivity contribution in [1.29, 1.82) is 0 Å². The van der Waals surface area contributed by atoms with E-state index < -0.39 is 5.63 Å². The van der Waals surface area contributed by atoms with E-state index in [0.29, 0.717) is 17.0 Å². The number of aromatic nitrogens is 3. The van der Waals surface area contributed by atoms with E-state index >= 15 is 0 Å². The fraction of sp³-hybridized carbons (Fsp3) is 0. The Hall–Kier alpha value is -2.80. The number of fused-ring (bicyclic) bond motifs is 1. The zero-order valence-electron chi connectivity index (χ0n) is 11.6. The third kappa shape index (κ3) is 2.55.